The van der Waals surface area contributed by atoms with E-state index in [4.69, 9.17) is 0 Å². The van der Waals surface area contributed by atoms with E-state index in [2.05, 4.69) is 15.3 Å². The average Bonchev–Trinajstić information content (AvgIpc) is 2.63. The first-order chi connectivity index (χ1) is 12.7. The van der Waals surface area contributed by atoms with Gasteiger partial charge in [-0.2, -0.15) is 0 Å². The number of benzene rings is 2. The van der Waals surface area contributed by atoms with Crippen LogP contribution in [-0.2, 0) is 4.79 Å². The van der Waals surface area contributed by atoms with Crippen LogP contribution in [0.1, 0.15) is 0 Å². The van der Waals surface area contributed by atoms with Crippen LogP contribution in [-0.4, -0.2) is 29.0 Å². The van der Waals surface area contributed by atoms with Crippen molar-refractivity contribution in [1.29, 1.82) is 0 Å². The quantitative estimate of drug-likeness (QED) is 0.785. The van der Waals surface area contributed by atoms with Gasteiger partial charge in [-0.15, -0.1) is 0 Å². The molecule has 4 rings (SSSR count). The first kappa shape index (κ1) is 16.2. The Kier molecular flexibility index (Phi) is 4.31. The summed E-state index contributed by atoms with van der Waals surface area (Å²) in [4.78, 5) is 22.9. The van der Waals surface area contributed by atoms with E-state index >= 15 is 0 Å². The molecule has 26 heavy (non-hydrogen) atoms. The van der Waals surface area contributed by atoms with Crippen molar-refractivity contribution in [1.82, 2.24) is 9.97 Å². The number of carbonyl (C=O) groups excluding carboxylic acids is 1. The molecule has 0 saturated carbocycles. The molecule has 2 heterocycles. The lowest BCUT2D eigenvalue weighted by Gasteiger charge is -2.39. The number of hydrogen-bond donors (Lipinski definition) is 1. The molecule has 130 valence electrons. The Morgan fingerprint density at radius 2 is 1.77 bits per heavy atom. The van der Waals surface area contributed by atoms with Gasteiger partial charge in [0.15, 0.2) is 0 Å². The first-order valence-electron chi connectivity index (χ1n) is 8.38. The molecule has 3 aromatic rings. The van der Waals surface area contributed by atoms with E-state index < -0.39 is 5.82 Å². The number of para-hydroxylation sites is 1. The van der Waals surface area contributed by atoms with Gasteiger partial charge >= 0.3 is 0 Å². The van der Waals surface area contributed by atoms with Crippen LogP contribution in [0.2, 0.25) is 0 Å². The molecule has 1 fully saturated rings. The zero-order valence-electron chi connectivity index (χ0n) is 14.0. The Balaban J connectivity index is 1.40. The van der Waals surface area contributed by atoms with Gasteiger partial charge in [0.05, 0.1) is 17.3 Å². The number of nitrogens with one attached hydrogen (secondary N) is 1. The molecule has 1 aliphatic heterocycles. The second kappa shape index (κ2) is 6.92. The molecule has 1 aromatic heterocycles. The fourth-order valence-corrected chi connectivity index (χ4v) is 2.92. The SMILES string of the molecule is O=C(Nc1ccccc1F)C1CN(c2cc(-c3ccccc3)ncn2)C1. The van der Waals surface area contributed by atoms with E-state index in [1.54, 1.807) is 18.2 Å². The van der Waals surface area contributed by atoms with Gasteiger partial charge in [-0.25, -0.2) is 14.4 Å². The van der Waals surface area contributed by atoms with Crippen LogP contribution in [0.4, 0.5) is 15.9 Å². The Hall–Kier alpha value is -3.28. The topological polar surface area (TPSA) is 58.1 Å². The molecule has 2 aromatic carbocycles. The van der Waals surface area contributed by atoms with E-state index in [9.17, 15) is 9.18 Å². The summed E-state index contributed by atoms with van der Waals surface area (Å²) >= 11 is 0. The summed E-state index contributed by atoms with van der Waals surface area (Å²) in [6, 6.07) is 18.0. The molecule has 0 aliphatic carbocycles. The van der Waals surface area contributed by atoms with Crippen LogP contribution in [0.5, 0.6) is 0 Å². The van der Waals surface area contributed by atoms with Gasteiger partial charge in [0.2, 0.25) is 5.91 Å². The fraction of sp³-hybridized carbons (Fsp3) is 0.150. The molecule has 1 N–H and O–H groups in total. The maximum Gasteiger partial charge on any atom is 0.231 e. The average molecular weight is 348 g/mol. The predicted octanol–water partition coefficient (Wildman–Crippen LogP) is 3.36. The number of anilines is 2. The Morgan fingerprint density at radius 1 is 1.04 bits per heavy atom. The second-order valence-electron chi connectivity index (χ2n) is 6.20. The maximum atomic E-state index is 13.6. The molecule has 0 unspecified atom stereocenters. The first-order valence-corrected chi connectivity index (χ1v) is 8.38. The molecule has 0 spiro atoms. The van der Waals surface area contributed by atoms with Crippen molar-refractivity contribution in [3.63, 3.8) is 0 Å². The number of hydrogen-bond acceptors (Lipinski definition) is 4. The van der Waals surface area contributed by atoms with Gasteiger partial charge < -0.3 is 10.2 Å². The summed E-state index contributed by atoms with van der Waals surface area (Å²) < 4.78 is 13.6. The smallest absolute Gasteiger partial charge is 0.231 e. The lowest BCUT2D eigenvalue weighted by atomic mass is 9.99. The van der Waals surface area contributed by atoms with Crippen LogP contribution in [0, 0.1) is 11.7 Å². The summed E-state index contributed by atoms with van der Waals surface area (Å²) in [6.07, 6.45) is 1.53. The number of halogens is 1. The highest BCUT2D eigenvalue weighted by atomic mass is 19.1. The molecule has 1 aliphatic rings. The third-order valence-corrected chi connectivity index (χ3v) is 4.43. The van der Waals surface area contributed by atoms with Crippen molar-refractivity contribution in [2.24, 2.45) is 5.92 Å². The zero-order chi connectivity index (χ0) is 17.9. The van der Waals surface area contributed by atoms with Crippen molar-refractivity contribution >= 4 is 17.4 Å². The minimum Gasteiger partial charge on any atom is -0.355 e. The number of nitrogens with zero attached hydrogens (tertiary/aromatic N) is 3. The van der Waals surface area contributed by atoms with Crippen LogP contribution in [0.3, 0.4) is 0 Å². The molecular weight excluding hydrogens is 331 g/mol. The van der Waals surface area contributed by atoms with Crippen molar-refractivity contribution in [2.75, 3.05) is 23.3 Å². The van der Waals surface area contributed by atoms with Crippen LogP contribution in [0.25, 0.3) is 11.3 Å². The van der Waals surface area contributed by atoms with E-state index in [1.165, 1.54) is 12.4 Å². The van der Waals surface area contributed by atoms with Gasteiger partial charge in [-0.05, 0) is 12.1 Å². The molecule has 5 nitrogen and oxygen atoms in total. The van der Waals surface area contributed by atoms with Crippen molar-refractivity contribution in [2.45, 2.75) is 0 Å². The van der Waals surface area contributed by atoms with Gasteiger partial charge in [0.1, 0.15) is 18.0 Å². The summed E-state index contributed by atoms with van der Waals surface area (Å²) in [5.41, 5.74) is 2.07. The summed E-state index contributed by atoms with van der Waals surface area (Å²) in [7, 11) is 0. The molecule has 1 saturated heterocycles. The monoisotopic (exact) mass is 348 g/mol. The van der Waals surface area contributed by atoms with Gasteiger partial charge in [-0.3, -0.25) is 4.79 Å². The second-order valence-corrected chi connectivity index (χ2v) is 6.20. The third-order valence-electron chi connectivity index (χ3n) is 4.43. The third kappa shape index (κ3) is 3.26. The zero-order valence-corrected chi connectivity index (χ0v) is 14.0. The lowest BCUT2D eigenvalue weighted by molar-refractivity contribution is -0.120. The van der Waals surface area contributed by atoms with E-state index in [-0.39, 0.29) is 17.5 Å². The predicted molar refractivity (Wildman–Crippen MR) is 98.2 cm³/mol. The Bertz CT molecular complexity index is 926. The van der Waals surface area contributed by atoms with Crippen LogP contribution >= 0.6 is 0 Å². The van der Waals surface area contributed by atoms with Crippen LogP contribution in [0.15, 0.2) is 67.0 Å². The molecule has 1 amide bonds. The Labute approximate surface area is 150 Å². The number of aromatic nitrogens is 2. The molecule has 6 heteroatoms. The summed E-state index contributed by atoms with van der Waals surface area (Å²) in [5, 5.41) is 2.65. The van der Waals surface area contributed by atoms with Crippen molar-refractivity contribution < 1.29 is 9.18 Å². The standard InChI is InChI=1S/C20H17FN4O/c21-16-8-4-5-9-17(16)24-20(26)15-11-25(12-15)19-10-18(22-13-23-19)14-6-2-1-3-7-14/h1-10,13,15H,11-12H2,(H,24,26). The summed E-state index contributed by atoms with van der Waals surface area (Å²) in [5.74, 6) is -0.0115. The number of carbonyl (C=O) groups is 1. The molecule has 0 radical (unpaired) electrons. The van der Waals surface area contributed by atoms with Crippen LogP contribution < -0.4 is 10.2 Å². The highest BCUT2D eigenvalue weighted by molar-refractivity contribution is 5.94. The van der Waals surface area contributed by atoms with E-state index in [0.717, 1.165) is 17.1 Å². The number of amides is 1. The molecule has 0 bridgehead atoms. The van der Waals surface area contributed by atoms with Crippen molar-refractivity contribution in [3.05, 3.63) is 72.8 Å². The number of rotatable bonds is 4. The van der Waals surface area contributed by atoms with Crippen molar-refractivity contribution in [3.8, 4) is 11.3 Å². The minimum absolute atomic E-state index is 0.177. The summed E-state index contributed by atoms with van der Waals surface area (Å²) in [6.45, 7) is 1.09. The highest BCUT2D eigenvalue weighted by Gasteiger charge is 2.34. The Morgan fingerprint density at radius 3 is 2.54 bits per heavy atom. The molecule has 0 atom stereocenters. The molecular formula is C20H17FN4O. The van der Waals surface area contributed by atoms with E-state index in [0.29, 0.717) is 13.1 Å². The minimum atomic E-state index is -0.430. The lowest BCUT2D eigenvalue weighted by Crippen LogP contribution is -2.52. The highest BCUT2D eigenvalue weighted by Crippen LogP contribution is 2.27. The van der Waals surface area contributed by atoms with Gasteiger partial charge in [-0.1, -0.05) is 42.5 Å². The maximum absolute atomic E-state index is 13.6. The fourth-order valence-electron chi connectivity index (χ4n) is 2.92. The van der Waals surface area contributed by atoms with Gasteiger partial charge in [0.25, 0.3) is 0 Å². The van der Waals surface area contributed by atoms with E-state index in [1.807, 2.05) is 41.3 Å². The normalized spacial score (nSPS) is 14.0. The largest absolute Gasteiger partial charge is 0.355 e. The van der Waals surface area contributed by atoms with Gasteiger partial charge in [0, 0.05) is 24.7 Å².